The van der Waals surface area contributed by atoms with Gasteiger partial charge in [0.1, 0.15) is 5.75 Å². The van der Waals surface area contributed by atoms with Gasteiger partial charge in [-0.15, -0.1) is 11.3 Å². The fourth-order valence-electron chi connectivity index (χ4n) is 2.77. The number of carbonyl (C=O) groups is 1. The Morgan fingerprint density at radius 1 is 1.40 bits per heavy atom. The van der Waals surface area contributed by atoms with Crippen molar-refractivity contribution in [3.63, 3.8) is 0 Å². The van der Waals surface area contributed by atoms with Gasteiger partial charge in [0.2, 0.25) is 0 Å². The summed E-state index contributed by atoms with van der Waals surface area (Å²) < 4.78 is 6.07. The lowest BCUT2D eigenvalue weighted by molar-refractivity contribution is 0.0950. The monoisotopic (exact) mass is 350 g/mol. The van der Waals surface area contributed by atoms with E-state index in [9.17, 15) is 4.79 Å². The third-order valence-electron chi connectivity index (χ3n) is 3.81. The fraction of sp³-hybridized carbons (Fsp3) is 0.312. The summed E-state index contributed by atoms with van der Waals surface area (Å²) in [7, 11) is 1.62. The van der Waals surface area contributed by atoms with Crippen molar-refractivity contribution in [2.24, 2.45) is 0 Å². The summed E-state index contributed by atoms with van der Waals surface area (Å²) in [6.45, 7) is 0. The van der Waals surface area contributed by atoms with E-state index in [1.807, 2.05) is 18.2 Å². The first-order valence-electron chi connectivity index (χ1n) is 6.64. The highest BCUT2D eigenvalue weighted by atomic mass is 79.9. The first-order chi connectivity index (χ1) is 9.70. The number of halogens is 1. The number of methoxy groups -OCH3 is 1. The van der Waals surface area contributed by atoms with Crippen LogP contribution in [0.1, 0.15) is 39.6 Å². The number of hydrogen-bond donors (Lipinski definition) is 0. The highest BCUT2D eigenvalue weighted by Gasteiger charge is 2.29. The number of fused-ring (bicyclic) bond motifs is 1. The Bertz CT molecular complexity index is 648. The van der Waals surface area contributed by atoms with Gasteiger partial charge < -0.3 is 4.74 Å². The predicted molar refractivity (Wildman–Crippen MR) is 85.0 cm³/mol. The van der Waals surface area contributed by atoms with Gasteiger partial charge in [0.25, 0.3) is 0 Å². The minimum Gasteiger partial charge on any atom is -0.497 e. The molecule has 1 heterocycles. The van der Waals surface area contributed by atoms with E-state index in [-0.39, 0.29) is 11.7 Å². The Labute approximate surface area is 130 Å². The van der Waals surface area contributed by atoms with Gasteiger partial charge in [0.05, 0.1) is 7.11 Å². The molecule has 1 aliphatic rings. The molecule has 1 aromatic heterocycles. The first kappa shape index (κ1) is 13.8. The van der Waals surface area contributed by atoms with Crippen LogP contribution in [0.3, 0.4) is 0 Å². The van der Waals surface area contributed by atoms with Gasteiger partial charge in [-0.25, -0.2) is 0 Å². The van der Waals surface area contributed by atoms with Crippen molar-refractivity contribution in [3.05, 3.63) is 50.1 Å². The molecule has 0 saturated carbocycles. The van der Waals surface area contributed by atoms with E-state index in [1.54, 1.807) is 18.4 Å². The molecule has 0 bridgehead atoms. The van der Waals surface area contributed by atoms with Crippen LogP contribution in [0.5, 0.6) is 5.75 Å². The number of aryl methyl sites for hydroxylation is 1. The number of thiophene rings is 1. The molecular formula is C16H15BrO2S. The molecule has 0 spiro atoms. The van der Waals surface area contributed by atoms with Crippen molar-refractivity contribution in [1.29, 1.82) is 0 Å². The quantitative estimate of drug-likeness (QED) is 0.741. The summed E-state index contributed by atoms with van der Waals surface area (Å²) >= 11 is 5.25. The zero-order valence-electron chi connectivity index (χ0n) is 11.2. The molecule has 0 aliphatic heterocycles. The average molecular weight is 351 g/mol. The zero-order valence-corrected chi connectivity index (χ0v) is 13.6. The van der Waals surface area contributed by atoms with Crippen LogP contribution in [-0.4, -0.2) is 12.9 Å². The number of benzene rings is 1. The Kier molecular flexibility index (Phi) is 3.94. The van der Waals surface area contributed by atoms with E-state index < -0.39 is 0 Å². The second kappa shape index (κ2) is 5.70. The normalized spacial score (nSPS) is 17.6. The number of rotatable bonds is 3. The van der Waals surface area contributed by atoms with Gasteiger partial charge >= 0.3 is 0 Å². The number of ketones is 1. The van der Waals surface area contributed by atoms with Crippen LogP contribution in [0, 0.1) is 0 Å². The van der Waals surface area contributed by atoms with Gasteiger partial charge in [0.15, 0.2) is 5.78 Å². The maximum Gasteiger partial charge on any atom is 0.171 e. The molecule has 0 saturated heterocycles. The SMILES string of the molecule is COc1ccc(Br)c(C(=O)C2CCCc3sccc32)c1. The molecular weight excluding hydrogens is 336 g/mol. The molecule has 0 radical (unpaired) electrons. The smallest absolute Gasteiger partial charge is 0.171 e. The van der Waals surface area contributed by atoms with Crippen LogP contribution >= 0.6 is 27.3 Å². The van der Waals surface area contributed by atoms with Crippen LogP contribution in [0.4, 0.5) is 0 Å². The first-order valence-corrected chi connectivity index (χ1v) is 8.32. The molecule has 0 fully saturated rings. The molecule has 2 aromatic rings. The molecule has 0 amide bonds. The highest BCUT2D eigenvalue weighted by Crippen LogP contribution is 2.38. The molecule has 4 heteroatoms. The lowest BCUT2D eigenvalue weighted by Crippen LogP contribution is -2.17. The summed E-state index contributed by atoms with van der Waals surface area (Å²) in [5.74, 6) is 0.904. The van der Waals surface area contributed by atoms with Gasteiger partial charge in [-0.05, 0) is 54.5 Å². The summed E-state index contributed by atoms with van der Waals surface area (Å²) in [5, 5.41) is 2.09. The molecule has 20 heavy (non-hydrogen) atoms. The summed E-state index contributed by atoms with van der Waals surface area (Å²) in [6, 6.07) is 7.67. The standard InChI is InChI=1S/C16H15BrO2S/c1-19-10-5-6-14(17)13(9-10)16(18)12-3-2-4-15-11(12)7-8-20-15/h5-9,12H,2-4H2,1H3. The summed E-state index contributed by atoms with van der Waals surface area (Å²) in [6.07, 6.45) is 3.13. The van der Waals surface area contributed by atoms with Crippen molar-refractivity contribution in [2.45, 2.75) is 25.2 Å². The van der Waals surface area contributed by atoms with Crippen molar-refractivity contribution in [1.82, 2.24) is 0 Å². The number of hydrogen-bond acceptors (Lipinski definition) is 3. The Morgan fingerprint density at radius 2 is 2.25 bits per heavy atom. The van der Waals surface area contributed by atoms with Crippen LogP contribution < -0.4 is 4.74 Å². The Balaban J connectivity index is 1.98. The average Bonchev–Trinajstić information content (AvgIpc) is 2.95. The van der Waals surface area contributed by atoms with Crippen molar-refractivity contribution >= 4 is 33.0 Å². The highest BCUT2D eigenvalue weighted by molar-refractivity contribution is 9.10. The van der Waals surface area contributed by atoms with Crippen LogP contribution in [0.25, 0.3) is 0 Å². The van der Waals surface area contributed by atoms with E-state index >= 15 is 0 Å². The Hall–Kier alpha value is -1.13. The third-order valence-corrected chi connectivity index (χ3v) is 5.50. The molecule has 1 atom stereocenters. The molecule has 3 rings (SSSR count). The van der Waals surface area contributed by atoms with E-state index in [4.69, 9.17) is 4.74 Å². The third kappa shape index (κ3) is 2.42. The van der Waals surface area contributed by atoms with E-state index in [0.29, 0.717) is 5.56 Å². The molecule has 104 valence electrons. The predicted octanol–water partition coefficient (Wildman–Crippen LogP) is 4.82. The topological polar surface area (TPSA) is 26.3 Å². The maximum absolute atomic E-state index is 12.9. The lowest BCUT2D eigenvalue weighted by Gasteiger charge is -2.22. The molecule has 2 nitrogen and oxygen atoms in total. The summed E-state index contributed by atoms with van der Waals surface area (Å²) in [4.78, 5) is 14.2. The van der Waals surface area contributed by atoms with E-state index in [1.165, 1.54) is 10.4 Å². The van der Waals surface area contributed by atoms with Crippen LogP contribution in [-0.2, 0) is 6.42 Å². The van der Waals surface area contributed by atoms with Gasteiger partial charge in [-0.3, -0.25) is 4.79 Å². The molecule has 1 aromatic carbocycles. The number of ether oxygens (including phenoxy) is 1. The number of carbonyl (C=O) groups excluding carboxylic acids is 1. The Morgan fingerprint density at radius 3 is 3.05 bits per heavy atom. The maximum atomic E-state index is 12.9. The molecule has 1 unspecified atom stereocenters. The lowest BCUT2D eigenvalue weighted by atomic mass is 9.82. The second-order valence-electron chi connectivity index (χ2n) is 4.95. The van der Waals surface area contributed by atoms with Crippen molar-refractivity contribution in [2.75, 3.05) is 7.11 Å². The minimum atomic E-state index is -0.00611. The van der Waals surface area contributed by atoms with Gasteiger partial charge in [-0.1, -0.05) is 15.9 Å². The number of Topliss-reactive ketones (excluding diaryl/α,β-unsaturated/α-hetero) is 1. The zero-order chi connectivity index (χ0) is 14.1. The largest absolute Gasteiger partial charge is 0.497 e. The fourth-order valence-corrected chi connectivity index (χ4v) is 4.20. The van der Waals surface area contributed by atoms with E-state index in [2.05, 4.69) is 27.4 Å². The van der Waals surface area contributed by atoms with Crippen molar-refractivity contribution in [3.8, 4) is 5.75 Å². The minimum absolute atomic E-state index is 0.00611. The molecule has 1 aliphatic carbocycles. The van der Waals surface area contributed by atoms with Gasteiger partial charge in [0, 0.05) is 20.8 Å². The van der Waals surface area contributed by atoms with Crippen LogP contribution in [0.15, 0.2) is 34.1 Å². The van der Waals surface area contributed by atoms with E-state index in [0.717, 1.165) is 29.5 Å². The van der Waals surface area contributed by atoms with Crippen molar-refractivity contribution < 1.29 is 9.53 Å². The van der Waals surface area contributed by atoms with Gasteiger partial charge in [-0.2, -0.15) is 0 Å². The second-order valence-corrected chi connectivity index (χ2v) is 6.81. The molecule has 0 N–H and O–H groups in total. The summed E-state index contributed by atoms with van der Waals surface area (Å²) in [5.41, 5.74) is 1.94. The van der Waals surface area contributed by atoms with Crippen LogP contribution in [0.2, 0.25) is 0 Å².